The number of ether oxygens (including phenoxy) is 1. The summed E-state index contributed by atoms with van der Waals surface area (Å²) in [6, 6.07) is 6.42. The summed E-state index contributed by atoms with van der Waals surface area (Å²) >= 11 is 0. The summed E-state index contributed by atoms with van der Waals surface area (Å²) in [7, 11) is 0. The highest BCUT2D eigenvalue weighted by molar-refractivity contribution is 5.98. The number of aliphatic hydroxyl groups excluding tert-OH is 1. The molecule has 164 valence electrons. The van der Waals surface area contributed by atoms with Crippen molar-refractivity contribution in [3.05, 3.63) is 35.4 Å². The first-order valence-electron chi connectivity index (χ1n) is 10.8. The van der Waals surface area contributed by atoms with Gasteiger partial charge in [-0.2, -0.15) is 0 Å². The van der Waals surface area contributed by atoms with Crippen molar-refractivity contribution in [2.45, 2.75) is 71.9 Å². The Morgan fingerprint density at radius 1 is 1.10 bits per heavy atom. The van der Waals surface area contributed by atoms with Crippen molar-refractivity contribution in [1.82, 2.24) is 10.6 Å². The van der Waals surface area contributed by atoms with E-state index >= 15 is 0 Å². The molecule has 1 aromatic carbocycles. The predicted molar refractivity (Wildman–Crippen MR) is 116 cm³/mol. The lowest BCUT2D eigenvalue weighted by Crippen LogP contribution is -2.52. The number of hydrogen-bond donors (Lipinski definition) is 3. The first kappa shape index (κ1) is 25.1. The minimum atomic E-state index is -0.985. The molecule has 0 spiro atoms. The number of aryl methyl sites for hydroxylation is 1. The molecule has 0 aliphatic carbocycles. The molecule has 6 nitrogen and oxygen atoms in total. The van der Waals surface area contributed by atoms with E-state index in [1.54, 1.807) is 6.07 Å². The maximum absolute atomic E-state index is 12.8. The molecule has 2 atom stereocenters. The molecule has 3 N–H and O–H groups in total. The number of hydrogen-bond acceptors (Lipinski definition) is 4. The standard InChI is InChI=1S/C23H38N2O4/c1-5-15-29-16-9-8-11-19-10-6-7-12-20(19)22(27)25-21(18(4)26)23(28)24-14-13-17(2)3/h6-7,10,12,17-18,21,26H,5,8-9,11,13-16H2,1-4H3,(H,24,28)(H,25,27)/t18-,21+/m1/s1. The number of aliphatic hydroxyl groups is 1. The van der Waals surface area contributed by atoms with Crippen LogP contribution in [0.4, 0.5) is 0 Å². The van der Waals surface area contributed by atoms with Crippen LogP contribution in [-0.4, -0.2) is 48.8 Å². The van der Waals surface area contributed by atoms with Crippen LogP contribution < -0.4 is 10.6 Å². The summed E-state index contributed by atoms with van der Waals surface area (Å²) in [6.07, 6.45) is 3.49. The van der Waals surface area contributed by atoms with E-state index in [4.69, 9.17) is 4.74 Å². The fourth-order valence-corrected chi connectivity index (χ4v) is 2.94. The highest BCUT2D eigenvalue weighted by atomic mass is 16.5. The van der Waals surface area contributed by atoms with Gasteiger partial charge in [-0.15, -0.1) is 0 Å². The summed E-state index contributed by atoms with van der Waals surface area (Å²) < 4.78 is 5.50. The van der Waals surface area contributed by atoms with Crippen LogP contribution in [0.2, 0.25) is 0 Å². The molecule has 0 fully saturated rings. The van der Waals surface area contributed by atoms with E-state index in [0.29, 0.717) is 18.0 Å². The summed E-state index contributed by atoms with van der Waals surface area (Å²) in [5.41, 5.74) is 1.48. The number of nitrogens with one attached hydrogen (secondary N) is 2. The molecular formula is C23H38N2O4. The zero-order valence-electron chi connectivity index (χ0n) is 18.4. The Kier molecular flexibility index (Phi) is 12.2. The van der Waals surface area contributed by atoms with Gasteiger partial charge in [-0.3, -0.25) is 9.59 Å². The van der Waals surface area contributed by atoms with Crippen molar-refractivity contribution in [3.8, 4) is 0 Å². The minimum absolute atomic E-state index is 0.340. The van der Waals surface area contributed by atoms with Crippen LogP contribution in [0.3, 0.4) is 0 Å². The minimum Gasteiger partial charge on any atom is -0.391 e. The number of rotatable bonds is 14. The van der Waals surface area contributed by atoms with Crippen LogP contribution in [0.5, 0.6) is 0 Å². The largest absolute Gasteiger partial charge is 0.391 e. The Hall–Kier alpha value is -1.92. The van der Waals surface area contributed by atoms with Crippen molar-refractivity contribution in [2.75, 3.05) is 19.8 Å². The van der Waals surface area contributed by atoms with E-state index in [0.717, 1.165) is 50.9 Å². The monoisotopic (exact) mass is 406 g/mol. The molecule has 0 aliphatic heterocycles. The van der Waals surface area contributed by atoms with E-state index in [1.807, 2.05) is 18.2 Å². The topological polar surface area (TPSA) is 87.7 Å². The lowest BCUT2D eigenvalue weighted by Gasteiger charge is -2.22. The first-order chi connectivity index (χ1) is 13.9. The molecule has 0 bridgehead atoms. The second-order valence-electron chi connectivity index (χ2n) is 7.89. The summed E-state index contributed by atoms with van der Waals surface area (Å²) in [6.45, 7) is 9.77. The zero-order chi connectivity index (χ0) is 21.6. The maximum Gasteiger partial charge on any atom is 0.252 e. The van der Waals surface area contributed by atoms with Crippen molar-refractivity contribution < 1.29 is 19.4 Å². The third-order valence-corrected chi connectivity index (χ3v) is 4.67. The third-order valence-electron chi connectivity index (χ3n) is 4.67. The van der Waals surface area contributed by atoms with Gasteiger partial charge in [0.25, 0.3) is 5.91 Å². The van der Waals surface area contributed by atoms with Gasteiger partial charge >= 0.3 is 0 Å². The van der Waals surface area contributed by atoms with Gasteiger partial charge in [0.15, 0.2) is 0 Å². The van der Waals surface area contributed by atoms with E-state index in [-0.39, 0.29) is 11.8 Å². The van der Waals surface area contributed by atoms with E-state index < -0.39 is 12.1 Å². The molecular weight excluding hydrogens is 368 g/mol. The summed E-state index contributed by atoms with van der Waals surface area (Å²) in [5, 5.41) is 15.5. The quantitative estimate of drug-likeness (QED) is 0.414. The van der Waals surface area contributed by atoms with E-state index in [2.05, 4.69) is 31.4 Å². The maximum atomic E-state index is 12.8. The number of unbranched alkanes of at least 4 members (excludes halogenated alkanes) is 1. The Morgan fingerprint density at radius 2 is 1.83 bits per heavy atom. The summed E-state index contributed by atoms with van der Waals surface area (Å²) in [4.78, 5) is 25.2. The number of carbonyl (C=O) groups is 2. The van der Waals surface area contributed by atoms with Crippen molar-refractivity contribution in [3.63, 3.8) is 0 Å². The van der Waals surface area contributed by atoms with Crippen LogP contribution in [0.1, 0.15) is 69.3 Å². The van der Waals surface area contributed by atoms with Gasteiger partial charge in [-0.05, 0) is 56.6 Å². The van der Waals surface area contributed by atoms with Crippen molar-refractivity contribution in [1.29, 1.82) is 0 Å². The van der Waals surface area contributed by atoms with E-state index in [1.165, 1.54) is 6.92 Å². The smallest absolute Gasteiger partial charge is 0.252 e. The average molecular weight is 407 g/mol. The Labute approximate surface area is 175 Å². The zero-order valence-corrected chi connectivity index (χ0v) is 18.4. The Morgan fingerprint density at radius 3 is 2.48 bits per heavy atom. The molecule has 0 unspecified atom stereocenters. The molecule has 6 heteroatoms. The fraction of sp³-hybridized carbons (Fsp3) is 0.652. The molecule has 2 amide bonds. The Bertz CT molecular complexity index is 617. The van der Waals surface area contributed by atoms with Gasteiger partial charge in [0, 0.05) is 25.3 Å². The van der Waals surface area contributed by atoms with Gasteiger partial charge in [0.05, 0.1) is 6.10 Å². The average Bonchev–Trinajstić information content (AvgIpc) is 2.68. The molecule has 1 aromatic rings. The second kappa shape index (κ2) is 14.1. The van der Waals surface area contributed by atoms with Crippen LogP contribution in [-0.2, 0) is 16.0 Å². The Balaban J connectivity index is 2.67. The first-order valence-corrected chi connectivity index (χ1v) is 10.8. The van der Waals surface area contributed by atoms with Gasteiger partial charge in [-0.25, -0.2) is 0 Å². The van der Waals surface area contributed by atoms with Gasteiger partial charge in [0.2, 0.25) is 5.91 Å². The molecule has 0 saturated carbocycles. The SMILES string of the molecule is CCCOCCCCc1ccccc1C(=O)N[C@H](C(=O)NCCC(C)C)[C@@H](C)O. The molecule has 1 rings (SSSR count). The lowest BCUT2D eigenvalue weighted by atomic mass is 10.0. The number of benzene rings is 1. The molecule has 0 aromatic heterocycles. The summed E-state index contributed by atoms with van der Waals surface area (Å²) in [5.74, 6) is -0.235. The second-order valence-corrected chi connectivity index (χ2v) is 7.89. The highest BCUT2D eigenvalue weighted by Gasteiger charge is 2.26. The van der Waals surface area contributed by atoms with Crippen LogP contribution in [0.25, 0.3) is 0 Å². The lowest BCUT2D eigenvalue weighted by molar-refractivity contribution is -0.125. The molecule has 29 heavy (non-hydrogen) atoms. The predicted octanol–water partition coefficient (Wildman–Crippen LogP) is 3.08. The third kappa shape index (κ3) is 9.90. The van der Waals surface area contributed by atoms with Gasteiger partial charge < -0.3 is 20.5 Å². The van der Waals surface area contributed by atoms with Crippen LogP contribution in [0.15, 0.2) is 24.3 Å². The number of amides is 2. The van der Waals surface area contributed by atoms with Crippen molar-refractivity contribution in [2.24, 2.45) is 5.92 Å². The van der Waals surface area contributed by atoms with E-state index in [9.17, 15) is 14.7 Å². The normalized spacial score (nSPS) is 13.2. The van der Waals surface area contributed by atoms with Crippen LogP contribution >= 0.6 is 0 Å². The number of carbonyl (C=O) groups excluding carboxylic acids is 2. The van der Waals surface area contributed by atoms with Gasteiger partial charge in [0.1, 0.15) is 6.04 Å². The molecule has 0 radical (unpaired) electrons. The van der Waals surface area contributed by atoms with Crippen molar-refractivity contribution >= 4 is 11.8 Å². The highest BCUT2D eigenvalue weighted by Crippen LogP contribution is 2.13. The van der Waals surface area contributed by atoms with Gasteiger partial charge in [-0.1, -0.05) is 39.0 Å². The molecule has 0 heterocycles. The van der Waals surface area contributed by atoms with Crippen LogP contribution in [0, 0.1) is 5.92 Å². The molecule has 0 aliphatic rings. The fourth-order valence-electron chi connectivity index (χ4n) is 2.94. The molecule has 0 saturated heterocycles.